The molecule has 1 heterocycles. The Labute approximate surface area is 89.6 Å². The highest BCUT2D eigenvalue weighted by atomic mass is 32.2. The summed E-state index contributed by atoms with van der Waals surface area (Å²) in [4.78, 5) is 15.3. The third kappa shape index (κ3) is 3.75. The van der Waals surface area contributed by atoms with Gasteiger partial charge in [-0.15, -0.1) is 11.3 Å². The lowest BCUT2D eigenvalue weighted by molar-refractivity contribution is -0.113. The largest absolute Gasteiger partial charge is 0.379 e. The van der Waals surface area contributed by atoms with Crippen molar-refractivity contribution in [2.24, 2.45) is 5.73 Å². The second kappa shape index (κ2) is 4.97. The summed E-state index contributed by atoms with van der Waals surface area (Å²) in [5.74, 6) is -0.0481. The van der Waals surface area contributed by atoms with Crippen LogP contribution >= 0.6 is 23.1 Å². The molecule has 0 aliphatic heterocycles. The zero-order valence-electron chi connectivity index (χ0n) is 7.53. The lowest BCUT2D eigenvalue weighted by Gasteiger charge is -1.99. The fourth-order valence-electron chi connectivity index (χ4n) is 0.710. The van der Waals surface area contributed by atoms with Crippen molar-refractivity contribution < 1.29 is 4.79 Å². The maximum Gasteiger partial charge on any atom is 0.236 e. The molecule has 1 aromatic rings. The van der Waals surface area contributed by atoms with Crippen molar-refractivity contribution in [1.82, 2.24) is 4.98 Å². The molecule has 76 valence electrons. The molecule has 0 unspecified atom stereocenters. The minimum absolute atomic E-state index is 0.0598. The topological polar surface area (TPSA) is 91.9 Å². The molecule has 0 saturated carbocycles. The van der Waals surface area contributed by atoms with E-state index in [9.17, 15) is 4.79 Å². The Morgan fingerprint density at radius 3 is 3.07 bits per heavy atom. The van der Waals surface area contributed by atoms with E-state index in [2.05, 4.69) is 10.3 Å². The summed E-state index contributed by atoms with van der Waals surface area (Å²) in [5, 5.41) is 11.9. The summed E-state index contributed by atoms with van der Waals surface area (Å²) in [6.07, 6.45) is 0. The Morgan fingerprint density at radius 1 is 1.86 bits per heavy atom. The molecule has 0 spiro atoms. The highest BCUT2D eigenvalue weighted by molar-refractivity contribution is 8.14. The number of nitrogens with two attached hydrogens (primary N) is 1. The maximum absolute atomic E-state index is 11.2. The number of aryl methyl sites for hydroxylation is 1. The molecule has 0 radical (unpaired) electrons. The Balaban J connectivity index is 2.37. The summed E-state index contributed by atoms with van der Waals surface area (Å²) in [7, 11) is 0. The summed E-state index contributed by atoms with van der Waals surface area (Å²) in [6.45, 7) is 1.86. The molecule has 1 rings (SSSR count). The number of hydrogen-bond donors (Lipinski definition) is 3. The second-order valence-corrected chi connectivity index (χ2v) is 4.37. The number of nitrogens with one attached hydrogen (secondary N) is 2. The molecular weight excluding hydrogens is 220 g/mol. The fourth-order valence-corrected chi connectivity index (χ4v) is 1.77. The number of aromatic nitrogens is 1. The number of carbonyl (C=O) groups excluding carboxylic acids is 1. The van der Waals surface area contributed by atoms with E-state index in [0.717, 1.165) is 17.5 Å². The number of carbonyl (C=O) groups is 1. The predicted molar refractivity (Wildman–Crippen MR) is 59.9 cm³/mol. The van der Waals surface area contributed by atoms with E-state index < -0.39 is 0 Å². The van der Waals surface area contributed by atoms with E-state index in [1.807, 2.05) is 12.3 Å². The van der Waals surface area contributed by atoms with Crippen LogP contribution in [-0.2, 0) is 4.79 Å². The lowest BCUT2D eigenvalue weighted by atomic mass is 10.6. The molecule has 0 fully saturated rings. The molecule has 0 aliphatic carbocycles. The van der Waals surface area contributed by atoms with Crippen LogP contribution in [0.2, 0.25) is 0 Å². The van der Waals surface area contributed by atoms with Crippen molar-refractivity contribution in [2.45, 2.75) is 6.92 Å². The summed E-state index contributed by atoms with van der Waals surface area (Å²) < 4.78 is 0. The number of rotatable bonds is 3. The number of thioether (sulfide) groups is 1. The summed E-state index contributed by atoms with van der Waals surface area (Å²) in [5.41, 5.74) is 5.97. The van der Waals surface area contributed by atoms with Crippen LogP contribution in [-0.4, -0.2) is 21.8 Å². The van der Waals surface area contributed by atoms with Gasteiger partial charge in [-0.1, -0.05) is 11.8 Å². The minimum Gasteiger partial charge on any atom is -0.379 e. The first-order valence-electron chi connectivity index (χ1n) is 3.76. The fraction of sp³-hybridized carbons (Fsp3) is 0.286. The highest BCUT2D eigenvalue weighted by Gasteiger charge is 2.05. The molecule has 5 nitrogen and oxygen atoms in total. The molecule has 14 heavy (non-hydrogen) atoms. The number of nitrogens with zero attached hydrogens (tertiary/aromatic N) is 1. The normalized spacial score (nSPS) is 9.79. The highest BCUT2D eigenvalue weighted by Crippen LogP contribution is 2.14. The van der Waals surface area contributed by atoms with Crippen molar-refractivity contribution in [3.8, 4) is 0 Å². The monoisotopic (exact) mass is 230 g/mol. The van der Waals surface area contributed by atoms with Gasteiger partial charge in [-0.25, -0.2) is 4.98 Å². The van der Waals surface area contributed by atoms with Crippen LogP contribution in [0.25, 0.3) is 0 Å². The minimum atomic E-state index is -0.195. The number of hydrogen-bond acceptors (Lipinski definition) is 5. The van der Waals surface area contributed by atoms with Crippen LogP contribution in [0, 0.1) is 12.3 Å². The van der Waals surface area contributed by atoms with Crippen LogP contribution < -0.4 is 11.1 Å². The van der Waals surface area contributed by atoms with Gasteiger partial charge >= 0.3 is 0 Å². The van der Waals surface area contributed by atoms with Crippen molar-refractivity contribution in [1.29, 1.82) is 5.41 Å². The first-order valence-corrected chi connectivity index (χ1v) is 5.63. The lowest BCUT2D eigenvalue weighted by Crippen LogP contribution is -2.17. The average Bonchev–Trinajstić information content (AvgIpc) is 2.48. The molecule has 0 saturated heterocycles. The Morgan fingerprint density at radius 2 is 2.57 bits per heavy atom. The van der Waals surface area contributed by atoms with Gasteiger partial charge in [0, 0.05) is 5.38 Å². The molecule has 0 bridgehead atoms. The molecule has 4 N–H and O–H groups in total. The van der Waals surface area contributed by atoms with Gasteiger partial charge in [-0.3, -0.25) is 10.2 Å². The van der Waals surface area contributed by atoms with E-state index in [1.54, 1.807) is 0 Å². The van der Waals surface area contributed by atoms with Crippen molar-refractivity contribution >= 4 is 39.3 Å². The first-order chi connectivity index (χ1) is 6.58. The summed E-state index contributed by atoms with van der Waals surface area (Å²) in [6, 6.07) is 0. The Bertz CT molecular complexity index is 349. The van der Waals surface area contributed by atoms with Gasteiger partial charge in [0.25, 0.3) is 0 Å². The number of amidine groups is 1. The van der Waals surface area contributed by atoms with Crippen LogP contribution in [0.4, 0.5) is 5.13 Å². The predicted octanol–water partition coefficient (Wildman–Crippen LogP) is 1.02. The number of anilines is 1. The molecule has 1 aromatic heterocycles. The second-order valence-electron chi connectivity index (χ2n) is 2.50. The van der Waals surface area contributed by atoms with Gasteiger partial charge in [0.15, 0.2) is 10.3 Å². The molecular formula is C7H10N4OS2. The third-order valence-electron chi connectivity index (χ3n) is 1.22. The van der Waals surface area contributed by atoms with Crippen LogP contribution in [0.5, 0.6) is 0 Å². The Kier molecular flexibility index (Phi) is 3.90. The van der Waals surface area contributed by atoms with Gasteiger partial charge in [0.1, 0.15) is 0 Å². The van der Waals surface area contributed by atoms with Crippen molar-refractivity contribution in [3.63, 3.8) is 0 Å². The van der Waals surface area contributed by atoms with Crippen LogP contribution in [0.1, 0.15) is 5.69 Å². The zero-order valence-corrected chi connectivity index (χ0v) is 9.17. The van der Waals surface area contributed by atoms with E-state index in [1.165, 1.54) is 11.3 Å². The SMILES string of the molecule is Cc1csc(NC(=O)CSC(=N)N)n1. The number of thiazole rings is 1. The molecule has 0 aromatic carbocycles. The third-order valence-corrected chi connectivity index (χ3v) is 2.82. The standard InChI is InChI=1S/C7H10N4OS2/c1-4-2-14-7(10-4)11-5(12)3-13-6(8)9/h2H,3H2,1H3,(H3,8,9)(H,10,11,12). The van der Waals surface area contributed by atoms with Crippen LogP contribution in [0.3, 0.4) is 0 Å². The first kappa shape index (κ1) is 11.0. The summed E-state index contributed by atoms with van der Waals surface area (Å²) >= 11 is 2.37. The quantitative estimate of drug-likeness (QED) is 0.534. The maximum atomic E-state index is 11.2. The van der Waals surface area contributed by atoms with Crippen molar-refractivity contribution in [3.05, 3.63) is 11.1 Å². The van der Waals surface area contributed by atoms with Gasteiger partial charge in [0.2, 0.25) is 5.91 Å². The average molecular weight is 230 g/mol. The van der Waals surface area contributed by atoms with Crippen LogP contribution in [0.15, 0.2) is 5.38 Å². The van der Waals surface area contributed by atoms with Gasteiger partial charge in [0.05, 0.1) is 11.4 Å². The van der Waals surface area contributed by atoms with Gasteiger partial charge in [-0.05, 0) is 6.92 Å². The molecule has 1 amide bonds. The molecule has 7 heteroatoms. The van der Waals surface area contributed by atoms with Crippen molar-refractivity contribution in [2.75, 3.05) is 11.1 Å². The van der Waals surface area contributed by atoms with E-state index in [0.29, 0.717) is 5.13 Å². The smallest absolute Gasteiger partial charge is 0.236 e. The zero-order chi connectivity index (χ0) is 10.6. The van der Waals surface area contributed by atoms with Gasteiger partial charge in [-0.2, -0.15) is 0 Å². The van der Waals surface area contributed by atoms with E-state index in [4.69, 9.17) is 11.1 Å². The van der Waals surface area contributed by atoms with E-state index in [-0.39, 0.29) is 16.8 Å². The Hall–Kier alpha value is -1.08. The molecule has 0 aliphatic rings. The van der Waals surface area contributed by atoms with Gasteiger partial charge < -0.3 is 11.1 Å². The molecule has 0 atom stereocenters. The van der Waals surface area contributed by atoms with E-state index >= 15 is 0 Å². The number of amides is 1.